The zero-order chi connectivity index (χ0) is 14.4. The van der Waals surface area contributed by atoms with Crippen molar-refractivity contribution in [3.63, 3.8) is 0 Å². The Hall–Kier alpha value is -1.81. The molecule has 0 spiro atoms. The molecule has 1 aromatic heterocycles. The second-order valence-corrected chi connectivity index (χ2v) is 4.88. The molecule has 0 atom stereocenters. The maximum absolute atomic E-state index is 5.23. The van der Waals surface area contributed by atoms with Crippen molar-refractivity contribution in [2.24, 2.45) is 7.05 Å². The minimum Gasteiger partial charge on any atom is -0.497 e. The van der Waals surface area contributed by atoms with Crippen LogP contribution in [-0.2, 0) is 26.4 Å². The third-order valence-corrected chi connectivity index (χ3v) is 3.42. The number of ether oxygens (including phenoxy) is 1. The molecule has 1 N–H and O–H groups in total. The number of hydrogen-bond donors (Lipinski definition) is 1. The number of aromatic nitrogens is 2. The fourth-order valence-corrected chi connectivity index (χ4v) is 2.19. The first-order valence-corrected chi connectivity index (χ1v) is 7.08. The van der Waals surface area contributed by atoms with Gasteiger partial charge in [-0.15, -0.1) is 0 Å². The Kier molecular flexibility index (Phi) is 5.18. The Morgan fingerprint density at radius 3 is 2.85 bits per heavy atom. The number of nitrogens with zero attached hydrogens (tertiary/aromatic N) is 2. The summed E-state index contributed by atoms with van der Waals surface area (Å²) in [7, 11) is 3.70. The van der Waals surface area contributed by atoms with E-state index in [2.05, 4.69) is 35.5 Å². The van der Waals surface area contributed by atoms with Gasteiger partial charge in [0.2, 0.25) is 0 Å². The number of methoxy groups -OCH3 is 1. The Morgan fingerprint density at radius 2 is 2.15 bits per heavy atom. The summed E-state index contributed by atoms with van der Waals surface area (Å²) in [6.07, 6.45) is 1.98. The van der Waals surface area contributed by atoms with Crippen molar-refractivity contribution in [3.8, 4) is 5.75 Å². The molecular formula is C16H23N3O. The van der Waals surface area contributed by atoms with Gasteiger partial charge in [0.25, 0.3) is 0 Å². The van der Waals surface area contributed by atoms with E-state index < -0.39 is 0 Å². The minimum atomic E-state index is 0.855. The van der Waals surface area contributed by atoms with Gasteiger partial charge in [0, 0.05) is 13.6 Å². The molecule has 4 nitrogen and oxygen atoms in total. The summed E-state index contributed by atoms with van der Waals surface area (Å²) in [5.74, 6) is 0.918. The van der Waals surface area contributed by atoms with E-state index in [1.165, 1.54) is 11.3 Å². The highest BCUT2D eigenvalue weighted by atomic mass is 16.5. The summed E-state index contributed by atoms with van der Waals surface area (Å²) in [5.41, 5.74) is 3.67. The quantitative estimate of drug-likeness (QED) is 0.787. The monoisotopic (exact) mass is 273 g/mol. The average molecular weight is 273 g/mol. The Labute approximate surface area is 120 Å². The van der Waals surface area contributed by atoms with Crippen LogP contribution in [0.2, 0.25) is 0 Å². The van der Waals surface area contributed by atoms with E-state index >= 15 is 0 Å². The summed E-state index contributed by atoms with van der Waals surface area (Å²) < 4.78 is 7.19. The van der Waals surface area contributed by atoms with Gasteiger partial charge in [-0.25, -0.2) is 0 Å². The maximum atomic E-state index is 5.23. The molecule has 0 aliphatic rings. The van der Waals surface area contributed by atoms with Crippen LogP contribution >= 0.6 is 0 Å². The highest BCUT2D eigenvalue weighted by Gasteiger charge is 2.03. The number of nitrogens with one attached hydrogen (secondary N) is 1. The molecule has 0 saturated heterocycles. The lowest BCUT2D eigenvalue weighted by Crippen LogP contribution is -2.18. The van der Waals surface area contributed by atoms with Gasteiger partial charge in [0.1, 0.15) is 5.75 Å². The van der Waals surface area contributed by atoms with E-state index in [4.69, 9.17) is 4.74 Å². The van der Waals surface area contributed by atoms with Gasteiger partial charge in [0.05, 0.1) is 18.5 Å². The van der Waals surface area contributed by atoms with Crippen LogP contribution in [0.25, 0.3) is 0 Å². The molecule has 1 heterocycles. The molecule has 2 rings (SSSR count). The van der Waals surface area contributed by atoms with Gasteiger partial charge in [-0.3, -0.25) is 4.68 Å². The predicted octanol–water partition coefficient (Wildman–Crippen LogP) is 2.32. The molecule has 0 fully saturated rings. The molecule has 0 aliphatic heterocycles. The lowest BCUT2D eigenvalue weighted by atomic mass is 10.1. The van der Waals surface area contributed by atoms with E-state index in [-0.39, 0.29) is 0 Å². The highest BCUT2D eigenvalue weighted by Crippen LogP contribution is 2.12. The number of benzene rings is 1. The van der Waals surface area contributed by atoms with Crippen molar-refractivity contribution in [1.82, 2.24) is 15.1 Å². The summed E-state index contributed by atoms with van der Waals surface area (Å²) in [6, 6.07) is 10.4. The minimum absolute atomic E-state index is 0.855. The molecule has 4 heteroatoms. The summed E-state index contributed by atoms with van der Waals surface area (Å²) in [4.78, 5) is 0. The highest BCUT2D eigenvalue weighted by molar-refractivity contribution is 5.28. The van der Waals surface area contributed by atoms with Gasteiger partial charge in [-0.2, -0.15) is 5.10 Å². The van der Waals surface area contributed by atoms with Crippen LogP contribution in [-0.4, -0.2) is 23.4 Å². The summed E-state index contributed by atoms with van der Waals surface area (Å²) >= 11 is 0. The third kappa shape index (κ3) is 3.84. The normalized spacial score (nSPS) is 10.8. The van der Waals surface area contributed by atoms with E-state index in [0.29, 0.717) is 0 Å². The molecule has 0 bridgehead atoms. The Bertz CT molecular complexity index is 548. The summed E-state index contributed by atoms with van der Waals surface area (Å²) in [6.45, 7) is 3.93. The van der Waals surface area contributed by atoms with Crippen LogP contribution < -0.4 is 10.1 Å². The molecule has 1 aromatic carbocycles. The molecule has 0 unspecified atom stereocenters. The molecule has 108 valence electrons. The van der Waals surface area contributed by atoms with Crippen LogP contribution in [0.3, 0.4) is 0 Å². The zero-order valence-electron chi connectivity index (χ0n) is 12.5. The van der Waals surface area contributed by atoms with Crippen molar-refractivity contribution in [1.29, 1.82) is 0 Å². The first-order chi connectivity index (χ1) is 9.72. The molecule has 0 radical (unpaired) electrons. The van der Waals surface area contributed by atoms with Crippen LogP contribution in [0.5, 0.6) is 5.75 Å². The van der Waals surface area contributed by atoms with Crippen LogP contribution in [0, 0.1) is 0 Å². The van der Waals surface area contributed by atoms with Crippen LogP contribution in [0.15, 0.2) is 30.3 Å². The lowest BCUT2D eigenvalue weighted by molar-refractivity contribution is 0.414. The van der Waals surface area contributed by atoms with Gasteiger partial charge in [0.15, 0.2) is 0 Å². The lowest BCUT2D eigenvalue weighted by Gasteiger charge is -2.06. The van der Waals surface area contributed by atoms with E-state index in [9.17, 15) is 0 Å². The standard InChI is InChI=1S/C16H23N3O/c1-4-14-11-15(19(2)18-14)12-17-9-8-13-6-5-7-16(10-13)20-3/h5-7,10-11,17H,4,8-9,12H2,1-3H3. The van der Waals surface area contributed by atoms with Crippen LogP contribution in [0.4, 0.5) is 0 Å². The molecule has 2 aromatic rings. The fourth-order valence-electron chi connectivity index (χ4n) is 2.19. The predicted molar refractivity (Wildman–Crippen MR) is 81.0 cm³/mol. The van der Waals surface area contributed by atoms with Crippen LogP contribution in [0.1, 0.15) is 23.9 Å². The van der Waals surface area contributed by atoms with Crippen molar-refractivity contribution >= 4 is 0 Å². The van der Waals surface area contributed by atoms with Crippen molar-refractivity contribution < 1.29 is 4.74 Å². The fraction of sp³-hybridized carbons (Fsp3) is 0.438. The smallest absolute Gasteiger partial charge is 0.119 e. The second kappa shape index (κ2) is 7.10. The Morgan fingerprint density at radius 1 is 1.30 bits per heavy atom. The van der Waals surface area contributed by atoms with Gasteiger partial charge in [-0.1, -0.05) is 19.1 Å². The second-order valence-electron chi connectivity index (χ2n) is 4.88. The SMILES string of the molecule is CCc1cc(CNCCc2cccc(OC)c2)n(C)n1. The molecular weight excluding hydrogens is 250 g/mol. The first-order valence-electron chi connectivity index (χ1n) is 7.08. The summed E-state index contributed by atoms with van der Waals surface area (Å²) in [5, 5.41) is 7.91. The number of aryl methyl sites for hydroxylation is 2. The zero-order valence-corrected chi connectivity index (χ0v) is 12.5. The van der Waals surface area contributed by atoms with Crippen molar-refractivity contribution in [2.75, 3.05) is 13.7 Å². The van der Waals surface area contributed by atoms with E-state index in [1.807, 2.05) is 23.9 Å². The van der Waals surface area contributed by atoms with Gasteiger partial charge < -0.3 is 10.1 Å². The molecule has 20 heavy (non-hydrogen) atoms. The van der Waals surface area contributed by atoms with Crippen molar-refractivity contribution in [2.45, 2.75) is 26.3 Å². The topological polar surface area (TPSA) is 39.1 Å². The third-order valence-electron chi connectivity index (χ3n) is 3.42. The van der Waals surface area contributed by atoms with E-state index in [1.54, 1.807) is 7.11 Å². The molecule has 0 saturated carbocycles. The van der Waals surface area contributed by atoms with Gasteiger partial charge in [-0.05, 0) is 43.1 Å². The van der Waals surface area contributed by atoms with Crippen molar-refractivity contribution in [3.05, 3.63) is 47.3 Å². The maximum Gasteiger partial charge on any atom is 0.119 e. The average Bonchev–Trinajstić information content (AvgIpc) is 2.84. The first kappa shape index (κ1) is 14.6. The largest absolute Gasteiger partial charge is 0.497 e. The Balaban J connectivity index is 1.79. The van der Waals surface area contributed by atoms with Gasteiger partial charge >= 0.3 is 0 Å². The number of hydrogen-bond acceptors (Lipinski definition) is 3. The molecule has 0 amide bonds. The number of rotatable bonds is 7. The molecule has 0 aliphatic carbocycles. The van der Waals surface area contributed by atoms with E-state index in [0.717, 1.165) is 37.4 Å².